The van der Waals surface area contributed by atoms with Gasteiger partial charge in [0.1, 0.15) is 11.5 Å². The number of aryl methyl sites for hydroxylation is 1. The number of aromatic carboxylic acids is 1. The van der Waals surface area contributed by atoms with Gasteiger partial charge in [-0.25, -0.2) is 9.79 Å². The molecule has 1 aliphatic rings. The zero-order valence-electron chi connectivity index (χ0n) is 16.0. The molecule has 9 heteroatoms. The van der Waals surface area contributed by atoms with Crippen molar-refractivity contribution < 1.29 is 19.1 Å². The number of halogens is 2. The Hall–Kier alpha value is -3.00. The first-order valence-electron chi connectivity index (χ1n) is 8.99. The first-order valence-corrected chi connectivity index (χ1v) is 10.6. The Labute approximate surface area is 191 Å². The summed E-state index contributed by atoms with van der Waals surface area (Å²) in [5.74, 6) is -0.203. The average Bonchev–Trinajstić information content (AvgIpc) is 3.31. The summed E-state index contributed by atoms with van der Waals surface area (Å²) in [5, 5.41) is 13.0. The highest BCUT2D eigenvalue weighted by Crippen LogP contribution is 2.32. The van der Waals surface area contributed by atoms with Gasteiger partial charge in [-0.3, -0.25) is 4.79 Å². The second kappa shape index (κ2) is 8.63. The van der Waals surface area contributed by atoms with Gasteiger partial charge in [0.15, 0.2) is 5.17 Å². The molecule has 0 bridgehead atoms. The van der Waals surface area contributed by atoms with Crippen LogP contribution in [0.4, 0.5) is 5.69 Å². The number of benzene rings is 2. The van der Waals surface area contributed by atoms with Gasteiger partial charge in [0.2, 0.25) is 0 Å². The van der Waals surface area contributed by atoms with E-state index < -0.39 is 5.97 Å². The summed E-state index contributed by atoms with van der Waals surface area (Å²) in [4.78, 5) is 28.2. The Kier molecular flexibility index (Phi) is 5.91. The normalized spacial score (nSPS) is 16.2. The van der Waals surface area contributed by atoms with E-state index >= 15 is 0 Å². The minimum Gasteiger partial charge on any atom is -0.478 e. The molecular weight excluding hydrogens is 459 g/mol. The van der Waals surface area contributed by atoms with E-state index in [2.05, 4.69) is 10.3 Å². The first kappa shape index (κ1) is 21.2. The summed E-state index contributed by atoms with van der Waals surface area (Å²) in [6.45, 7) is 1.81. The standard InChI is InChI=1S/C22H14Cl2N2O4S/c1-11-8-12(21(28)29)2-5-15(11)18-7-4-14(30-18)10-19-20(27)26-22(31-19)25-13-3-6-16(23)17(24)9-13/h2-10H,1H3,(H,28,29)(H,25,26,27)/b19-10-. The molecule has 0 radical (unpaired) electrons. The lowest BCUT2D eigenvalue weighted by atomic mass is 10.0. The molecule has 1 aliphatic heterocycles. The van der Waals surface area contributed by atoms with Crippen LogP contribution in [0, 0.1) is 6.92 Å². The highest BCUT2D eigenvalue weighted by Gasteiger charge is 2.24. The number of amidine groups is 1. The van der Waals surface area contributed by atoms with Gasteiger partial charge in [0.05, 0.1) is 26.2 Å². The number of carbonyl (C=O) groups excluding carboxylic acids is 1. The van der Waals surface area contributed by atoms with E-state index in [-0.39, 0.29) is 11.5 Å². The molecule has 6 nitrogen and oxygen atoms in total. The second-order valence-electron chi connectivity index (χ2n) is 6.62. The van der Waals surface area contributed by atoms with Gasteiger partial charge >= 0.3 is 5.97 Å². The van der Waals surface area contributed by atoms with Crippen molar-refractivity contribution in [1.29, 1.82) is 0 Å². The maximum Gasteiger partial charge on any atom is 0.335 e. The number of carboxylic acid groups (broad SMARTS) is 1. The molecule has 1 fully saturated rings. The molecule has 4 rings (SSSR count). The van der Waals surface area contributed by atoms with E-state index in [0.29, 0.717) is 37.3 Å². The maximum absolute atomic E-state index is 12.3. The lowest BCUT2D eigenvalue weighted by Gasteiger charge is -2.04. The molecule has 0 unspecified atom stereocenters. The van der Waals surface area contributed by atoms with Crippen LogP contribution in [0.25, 0.3) is 17.4 Å². The second-order valence-corrected chi connectivity index (χ2v) is 8.46. The fraction of sp³-hybridized carbons (Fsp3) is 0.0455. The van der Waals surface area contributed by atoms with Crippen molar-refractivity contribution in [1.82, 2.24) is 5.32 Å². The topological polar surface area (TPSA) is 91.9 Å². The lowest BCUT2D eigenvalue weighted by molar-refractivity contribution is -0.115. The Morgan fingerprint density at radius 3 is 2.65 bits per heavy atom. The Bertz CT molecular complexity index is 1280. The molecule has 0 aliphatic carbocycles. The smallest absolute Gasteiger partial charge is 0.335 e. The van der Waals surface area contributed by atoms with Crippen molar-refractivity contribution in [2.45, 2.75) is 6.92 Å². The Morgan fingerprint density at radius 1 is 1.13 bits per heavy atom. The van der Waals surface area contributed by atoms with E-state index in [4.69, 9.17) is 32.7 Å². The monoisotopic (exact) mass is 472 g/mol. The van der Waals surface area contributed by atoms with Crippen molar-refractivity contribution in [3.05, 3.63) is 80.4 Å². The molecule has 0 atom stereocenters. The number of nitrogens with zero attached hydrogens (tertiary/aromatic N) is 1. The quantitative estimate of drug-likeness (QED) is 0.444. The zero-order chi connectivity index (χ0) is 22.1. The van der Waals surface area contributed by atoms with Crippen LogP contribution >= 0.6 is 35.0 Å². The summed E-state index contributed by atoms with van der Waals surface area (Å²) in [6, 6.07) is 13.3. The third-order valence-corrected chi connectivity index (χ3v) is 6.07. The van der Waals surface area contributed by atoms with Gasteiger partial charge in [-0.05, 0) is 66.7 Å². The number of nitrogens with one attached hydrogen (secondary N) is 1. The van der Waals surface area contributed by atoms with E-state index in [1.807, 2.05) is 6.92 Å². The summed E-state index contributed by atoms with van der Waals surface area (Å²) >= 11 is 13.1. The molecule has 1 amide bonds. The molecule has 1 aromatic heterocycles. The molecule has 1 saturated heterocycles. The number of furan rings is 1. The largest absolute Gasteiger partial charge is 0.478 e. The van der Waals surface area contributed by atoms with Crippen LogP contribution in [0.5, 0.6) is 0 Å². The highest BCUT2D eigenvalue weighted by atomic mass is 35.5. The van der Waals surface area contributed by atoms with Gasteiger partial charge in [0, 0.05) is 11.6 Å². The summed E-state index contributed by atoms with van der Waals surface area (Å²) < 4.78 is 5.85. The van der Waals surface area contributed by atoms with E-state index in [1.165, 1.54) is 17.8 Å². The van der Waals surface area contributed by atoms with Crippen LogP contribution in [0.2, 0.25) is 10.0 Å². The number of thioether (sulfide) groups is 1. The number of carbonyl (C=O) groups is 2. The van der Waals surface area contributed by atoms with Crippen LogP contribution in [-0.2, 0) is 4.79 Å². The van der Waals surface area contributed by atoms with E-state index in [1.54, 1.807) is 48.5 Å². The van der Waals surface area contributed by atoms with Gasteiger partial charge < -0.3 is 14.8 Å². The molecule has 2 aromatic carbocycles. The van der Waals surface area contributed by atoms with Crippen molar-refractivity contribution >= 4 is 63.8 Å². The molecule has 0 spiro atoms. The third kappa shape index (κ3) is 4.69. The Morgan fingerprint density at radius 2 is 1.94 bits per heavy atom. The minimum atomic E-state index is -0.984. The van der Waals surface area contributed by atoms with Crippen molar-refractivity contribution in [2.75, 3.05) is 0 Å². The summed E-state index contributed by atoms with van der Waals surface area (Å²) in [5.41, 5.74) is 2.33. The van der Waals surface area contributed by atoms with Gasteiger partial charge in [-0.2, -0.15) is 0 Å². The third-order valence-electron chi connectivity index (χ3n) is 4.42. The van der Waals surface area contributed by atoms with Crippen molar-refractivity contribution in [3.63, 3.8) is 0 Å². The van der Waals surface area contributed by atoms with Crippen molar-refractivity contribution in [3.8, 4) is 11.3 Å². The van der Waals surface area contributed by atoms with E-state index in [9.17, 15) is 9.59 Å². The van der Waals surface area contributed by atoms with E-state index in [0.717, 1.165) is 11.1 Å². The number of amides is 1. The molecular formula is C22H14Cl2N2O4S. The van der Waals surface area contributed by atoms with Crippen LogP contribution in [0.3, 0.4) is 0 Å². The fourth-order valence-electron chi connectivity index (χ4n) is 2.93. The number of aliphatic imine (C=N–C) groups is 1. The number of rotatable bonds is 4. The molecule has 3 aromatic rings. The lowest BCUT2D eigenvalue weighted by Crippen LogP contribution is -2.19. The average molecular weight is 473 g/mol. The van der Waals surface area contributed by atoms with Gasteiger partial charge in [-0.15, -0.1) is 0 Å². The van der Waals surface area contributed by atoms with Crippen LogP contribution in [0.15, 0.2) is 62.8 Å². The summed E-state index contributed by atoms with van der Waals surface area (Å²) in [6.07, 6.45) is 1.63. The van der Waals surface area contributed by atoms with Crippen molar-refractivity contribution in [2.24, 2.45) is 4.99 Å². The van der Waals surface area contributed by atoms with Crippen LogP contribution in [0.1, 0.15) is 21.7 Å². The predicted molar refractivity (Wildman–Crippen MR) is 123 cm³/mol. The SMILES string of the molecule is Cc1cc(C(=O)O)ccc1-c1ccc(/C=C2\SC(=Nc3ccc(Cl)c(Cl)c3)NC2=O)o1. The first-order chi connectivity index (χ1) is 14.8. The molecule has 2 heterocycles. The van der Waals surface area contributed by atoms with Gasteiger partial charge in [-0.1, -0.05) is 29.3 Å². The van der Waals surface area contributed by atoms with Crippen LogP contribution < -0.4 is 5.32 Å². The number of carboxylic acids is 1. The molecule has 0 saturated carbocycles. The number of hydrogen-bond acceptors (Lipinski definition) is 5. The molecule has 2 N–H and O–H groups in total. The molecule has 31 heavy (non-hydrogen) atoms. The highest BCUT2D eigenvalue weighted by molar-refractivity contribution is 8.18. The maximum atomic E-state index is 12.3. The Balaban J connectivity index is 1.55. The predicted octanol–water partition coefficient (Wildman–Crippen LogP) is 6.15. The molecule has 156 valence electrons. The van der Waals surface area contributed by atoms with Crippen LogP contribution in [-0.4, -0.2) is 22.2 Å². The fourth-order valence-corrected chi connectivity index (χ4v) is 4.04. The van der Waals surface area contributed by atoms with Gasteiger partial charge in [0.25, 0.3) is 5.91 Å². The zero-order valence-corrected chi connectivity index (χ0v) is 18.3. The summed E-state index contributed by atoms with van der Waals surface area (Å²) in [7, 11) is 0. The number of hydrogen-bond donors (Lipinski definition) is 2. The minimum absolute atomic E-state index is 0.211.